The number of nitrogens with two attached hydrogens (primary N) is 1. The zero-order valence-electron chi connectivity index (χ0n) is 10.9. The Hall–Kier alpha value is -2.63. The van der Waals surface area contributed by atoms with E-state index in [-0.39, 0.29) is 5.95 Å². The molecule has 6 heteroatoms. The van der Waals surface area contributed by atoms with Crippen molar-refractivity contribution in [3.8, 4) is 5.88 Å². The van der Waals surface area contributed by atoms with Crippen molar-refractivity contribution < 1.29 is 4.74 Å². The van der Waals surface area contributed by atoms with Crippen LogP contribution in [0.1, 0.15) is 12.0 Å². The van der Waals surface area contributed by atoms with E-state index in [4.69, 9.17) is 10.5 Å². The van der Waals surface area contributed by atoms with Crippen LogP contribution in [-0.4, -0.2) is 26.5 Å². The minimum Gasteiger partial charge on any atom is -0.476 e. The lowest BCUT2D eigenvalue weighted by Gasteiger charge is -2.06. The van der Waals surface area contributed by atoms with Crippen molar-refractivity contribution in [2.45, 2.75) is 12.8 Å². The van der Waals surface area contributed by atoms with Crippen LogP contribution < -0.4 is 10.5 Å². The lowest BCUT2D eigenvalue weighted by molar-refractivity contribution is 0.303. The minimum absolute atomic E-state index is 0.169. The Morgan fingerprint density at radius 2 is 2.00 bits per heavy atom. The number of aryl methyl sites for hydroxylation is 1. The van der Waals surface area contributed by atoms with Gasteiger partial charge in [0, 0.05) is 0 Å². The third kappa shape index (κ3) is 2.69. The van der Waals surface area contributed by atoms with Crippen molar-refractivity contribution in [3.05, 3.63) is 42.2 Å². The first-order valence-corrected chi connectivity index (χ1v) is 6.46. The number of nitrogens with one attached hydrogen (secondary N) is 1. The Labute approximate surface area is 116 Å². The molecule has 102 valence electrons. The van der Waals surface area contributed by atoms with Crippen molar-refractivity contribution in [2.75, 3.05) is 12.3 Å². The molecule has 6 nitrogen and oxygen atoms in total. The average Bonchev–Trinajstić information content (AvgIpc) is 2.92. The van der Waals surface area contributed by atoms with Crippen LogP contribution in [0.4, 0.5) is 5.95 Å². The summed E-state index contributed by atoms with van der Waals surface area (Å²) >= 11 is 0. The molecule has 0 aliphatic heterocycles. The SMILES string of the molecule is Nc1nc(OCCCc2ccccc2)c2[nH]cnc2n1. The first-order chi connectivity index (χ1) is 9.83. The number of nitrogens with zero attached hydrogens (tertiary/aromatic N) is 3. The summed E-state index contributed by atoms with van der Waals surface area (Å²) in [6.07, 6.45) is 3.42. The topological polar surface area (TPSA) is 89.7 Å². The number of aromatic amines is 1. The van der Waals surface area contributed by atoms with Gasteiger partial charge in [-0.3, -0.25) is 0 Å². The van der Waals surface area contributed by atoms with Crippen LogP contribution in [0.3, 0.4) is 0 Å². The molecule has 0 atom stereocenters. The Kier molecular flexibility index (Phi) is 3.45. The first-order valence-electron chi connectivity index (χ1n) is 6.46. The monoisotopic (exact) mass is 269 g/mol. The molecule has 1 aromatic carbocycles. The highest BCUT2D eigenvalue weighted by molar-refractivity contribution is 5.76. The number of fused-ring (bicyclic) bond motifs is 1. The number of hydrogen-bond acceptors (Lipinski definition) is 5. The first kappa shape index (κ1) is 12.4. The van der Waals surface area contributed by atoms with Crippen molar-refractivity contribution in [1.29, 1.82) is 0 Å². The number of ether oxygens (including phenoxy) is 1. The van der Waals surface area contributed by atoms with E-state index in [1.165, 1.54) is 5.56 Å². The standard InChI is InChI=1S/C14H15N5O/c15-14-18-12-11(16-9-17-12)13(19-14)20-8-4-7-10-5-2-1-3-6-10/h1-3,5-6,9H,4,7-8H2,(H3,15,16,17,18,19). The van der Waals surface area contributed by atoms with Gasteiger partial charge in [-0.2, -0.15) is 9.97 Å². The summed E-state index contributed by atoms with van der Waals surface area (Å²) in [5.41, 5.74) is 8.12. The summed E-state index contributed by atoms with van der Waals surface area (Å²) in [4.78, 5) is 15.1. The maximum absolute atomic E-state index is 5.68. The second-order valence-corrected chi connectivity index (χ2v) is 4.43. The number of nitrogen functional groups attached to an aromatic ring is 1. The molecular formula is C14H15N5O. The molecule has 20 heavy (non-hydrogen) atoms. The Balaban J connectivity index is 1.61. The summed E-state index contributed by atoms with van der Waals surface area (Å²) in [5.74, 6) is 0.626. The summed E-state index contributed by atoms with van der Waals surface area (Å²) in [7, 11) is 0. The number of benzene rings is 1. The number of hydrogen-bond donors (Lipinski definition) is 2. The van der Waals surface area contributed by atoms with Gasteiger partial charge in [-0.05, 0) is 18.4 Å². The van der Waals surface area contributed by atoms with E-state index in [0.29, 0.717) is 23.7 Å². The zero-order valence-corrected chi connectivity index (χ0v) is 10.9. The molecule has 0 bridgehead atoms. The van der Waals surface area contributed by atoms with Crippen LogP contribution >= 0.6 is 0 Å². The number of H-pyrrole nitrogens is 1. The van der Waals surface area contributed by atoms with Gasteiger partial charge < -0.3 is 15.5 Å². The fourth-order valence-corrected chi connectivity index (χ4v) is 2.02. The van der Waals surface area contributed by atoms with E-state index in [0.717, 1.165) is 12.8 Å². The molecule has 0 amide bonds. The zero-order chi connectivity index (χ0) is 13.8. The minimum atomic E-state index is 0.169. The van der Waals surface area contributed by atoms with Crippen molar-refractivity contribution in [3.63, 3.8) is 0 Å². The second kappa shape index (κ2) is 5.56. The van der Waals surface area contributed by atoms with Gasteiger partial charge in [0.1, 0.15) is 5.52 Å². The molecular weight excluding hydrogens is 254 g/mol. The molecule has 0 aliphatic carbocycles. The van der Waals surface area contributed by atoms with E-state index in [2.05, 4.69) is 32.1 Å². The maximum atomic E-state index is 5.68. The average molecular weight is 269 g/mol. The van der Waals surface area contributed by atoms with Gasteiger partial charge in [0.25, 0.3) is 0 Å². The fourth-order valence-electron chi connectivity index (χ4n) is 2.02. The van der Waals surface area contributed by atoms with Crippen LogP contribution in [-0.2, 0) is 6.42 Å². The Morgan fingerprint density at radius 1 is 1.15 bits per heavy atom. The molecule has 3 aromatic rings. The van der Waals surface area contributed by atoms with E-state index in [9.17, 15) is 0 Å². The van der Waals surface area contributed by atoms with Crippen LogP contribution in [0.2, 0.25) is 0 Å². The smallest absolute Gasteiger partial charge is 0.245 e. The van der Waals surface area contributed by atoms with Gasteiger partial charge in [-0.1, -0.05) is 30.3 Å². The molecule has 0 radical (unpaired) electrons. The molecule has 2 heterocycles. The molecule has 0 fully saturated rings. The largest absolute Gasteiger partial charge is 0.476 e. The molecule has 0 saturated carbocycles. The molecule has 0 aliphatic rings. The van der Waals surface area contributed by atoms with Crippen LogP contribution in [0.5, 0.6) is 5.88 Å². The third-order valence-electron chi connectivity index (χ3n) is 2.96. The summed E-state index contributed by atoms with van der Waals surface area (Å²) in [6.45, 7) is 0.569. The van der Waals surface area contributed by atoms with E-state index in [1.54, 1.807) is 6.33 Å². The summed E-state index contributed by atoms with van der Waals surface area (Å²) < 4.78 is 5.68. The molecule has 3 N–H and O–H groups in total. The summed E-state index contributed by atoms with van der Waals surface area (Å²) in [6, 6.07) is 10.3. The lowest BCUT2D eigenvalue weighted by Crippen LogP contribution is -2.04. The van der Waals surface area contributed by atoms with Crippen LogP contribution in [0.25, 0.3) is 11.2 Å². The number of imidazole rings is 1. The molecule has 2 aromatic heterocycles. The van der Waals surface area contributed by atoms with Gasteiger partial charge in [-0.25, -0.2) is 4.98 Å². The van der Waals surface area contributed by atoms with Gasteiger partial charge in [0.2, 0.25) is 11.8 Å². The predicted molar refractivity (Wildman–Crippen MR) is 76.4 cm³/mol. The third-order valence-corrected chi connectivity index (χ3v) is 2.96. The maximum Gasteiger partial charge on any atom is 0.245 e. The number of rotatable bonds is 5. The highest BCUT2D eigenvalue weighted by atomic mass is 16.5. The molecule has 0 spiro atoms. The number of anilines is 1. The van der Waals surface area contributed by atoms with Crippen LogP contribution in [0.15, 0.2) is 36.7 Å². The molecule has 3 rings (SSSR count). The van der Waals surface area contributed by atoms with E-state index < -0.39 is 0 Å². The van der Waals surface area contributed by atoms with Gasteiger partial charge in [0.05, 0.1) is 12.9 Å². The van der Waals surface area contributed by atoms with Crippen LogP contribution in [0, 0.1) is 0 Å². The Bertz CT molecular complexity index is 695. The van der Waals surface area contributed by atoms with Gasteiger partial charge in [-0.15, -0.1) is 0 Å². The van der Waals surface area contributed by atoms with Crippen molar-refractivity contribution in [2.24, 2.45) is 0 Å². The highest BCUT2D eigenvalue weighted by Gasteiger charge is 2.09. The number of aromatic nitrogens is 4. The van der Waals surface area contributed by atoms with Crippen molar-refractivity contribution >= 4 is 17.1 Å². The van der Waals surface area contributed by atoms with Crippen molar-refractivity contribution in [1.82, 2.24) is 19.9 Å². The van der Waals surface area contributed by atoms with Gasteiger partial charge in [0.15, 0.2) is 5.65 Å². The normalized spacial score (nSPS) is 10.8. The quantitative estimate of drug-likeness (QED) is 0.691. The predicted octanol–water partition coefficient (Wildman–Crippen LogP) is 1.95. The van der Waals surface area contributed by atoms with E-state index in [1.807, 2.05) is 18.2 Å². The Morgan fingerprint density at radius 3 is 2.85 bits per heavy atom. The van der Waals surface area contributed by atoms with E-state index >= 15 is 0 Å². The highest BCUT2D eigenvalue weighted by Crippen LogP contribution is 2.19. The fraction of sp³-hybridized carbons (Fsp3) is 0.214. The van der Waals surface area contributed by atoms with Gasteiger partial charge >= 0.3 is 0 Å². The molecule has 0 saturated heterocycles. The lowest BCUT2D eigenvalue weighted by atomic mass is 10.1. The molecule has 0 unspecified atom stereocenters. The summed E-state index contributed by atoms with van der Waals surface area (Å²) in [5, 5.41) is 0. The second-order valence-electron chi connectivity index (χ2n) is 4.43.